The first-order valence-corrected chi connectivity index (χ1v) is 10.6. The van der Waals surface area contributed by atoms with Gasteiger partial charge >= 0.3 is 0 Å². The molecule has 2 heterocycles. The van der Waals surface area contributed by atoms with Crippen molar-refractivity contribution in [1.29, 1.82) is 0 Å². The molecule has 2 aromatic carbocycles. The average Bonchev–Trinajstić information content (AvgIpc) is 2.85. The van der Waals surface area contributed by atoms with Crippen molar-refractivity contribution in [1.82, 2.24) is 14.8 Å². The molecule has 0 unspecified atom stereocenters. The molecule has 0 radical (unpaired) electrons. The number of hydrogen-bond donors (Lipinski definition) is 1. The second-order valence-electron chi connectivity index (χ2n) is 7.66. The van der Waals surface area contributed by atoms with E-state index >= 15 is 0 Å². The molecule has 32 heavy (non-hydrogen) atoms. The van der Waals surface area contributed by atoms with Gasteiger partial charge in [-0.05, 0) is 48.0 Å². The smallest absolute Gasteiger partial charge is 0.256 e. The maximum absolute atomic E-state index is 13.2. The molecule has 3 aromatic rings. The summed E-state index contributed by atoms with van der Waals surface area (Å²) >= 11 is 0. The lowest BCUT2D eigenvalue weighted by Crippen LogP contribution is -2.48. The molecule has 0 bridgehead atoms. The van der Waals surface area contributed by atoms with Crippen LogP contribution in [0.15, 0.2) is 73.1 Å². The van der Waals surface area contributed by atoms with Gasteiger partial charge in [-0.2, -0.15) is 0 Å². The molecule has 1 aliphatic rings. The number of ether oxygens (including phenoxy) is 1. The van der Waals surface area contributed by atoms with Crippen molar-refractivity contribution >= 4 is 17.5 Å². The SMILES string of the molecule is COc1ccc(C(=O)Nc2ccccc2C(=O)N2CCN(Cc3cccnc3)CC2)cc1. The first kappa shape index (κ1) is 21.5. The van der Waals surface area contributed by atoms with E-state index < -0.39 is 0 Å². The van der Waals surface area contributed by atoms with Crippen LogP contribution < -0.4 is 10.1 Å². The third kappa shape index (κ3) is 5.12. The van der Waals surface area contributed by atoms with Gasteiger partial charge in [-0.15, -0.1) is 0 Å². The van der Waals surface area contributed by atoms with Gasteiger partial charge < -0.3 is 15.0 Å². The van der Waals surface area contributed by atoms with Crippen molar-refractivity contribution in [3.63, 3.8) is 0 Å². The fourth-order valence-electron chi connectivity index (χ4n) is 3.74. The van der Waals surface area contributed by atoms with Gasteiger partial charge in [-0.3, -0.25) is 19.5 Å². The van der Waals surface area contributed by atoms with Gasteiger partial charge in [-0.25, -0.2) is 0 Å². The minimum absolute atomic E-state index is 0.0725. The normalized spacial score (nSPS) is 14.1. The number of carbonyl (C=O) groups is 2. The molecule has 2 amide bonds. The van der Waals surface area contributed by atoms with Crippen LogP contribution in [0.3, 0.4) is 0 Å². The van der Waals surface area contributed by atoms with Gasteiger partial charge in [-0.1, -0.05) is 18.2 Å². The fraction of sp³-hybridized carbons (Fsp3) is 0.240. The van der Waals surface area contributed by atoms with Gasteiger partial charge in [0.05, 0.1) is 18.4 Å². The summed E-state index contributed by atoms with van der Waals surface area (Å²) < 4.78 is 5.14. The number of aromatic nitrogens is 1. The molecule has 4 rings (SSSR count). The number of anilines is 1. The summed E-state index contributed by atoms with van der Waals surface area (Å²) in [5, 5.41) is 2.88. The van der Waals surface area contributed by atoms with Gasteiger partial charge in [0.25, 0.3) is 11.8 Å². The Labute approximate surface area is 187 Å². The number of methoxy groups -OCH3 is 1. The molecule has 0 spiro atoms. The number of hydrogen-bond acceptors (Lipinski definition) is 5. The number of nitrogens with one attached hydrogen (secondary N) is 1. The van der Waals surface area contributed by atoms with Crippen molar-refractivity contribution in [2.24, 2.45) is 0 Å². The van der Waals surface area contributed by atoms with E-state index in [0.29, 0.717) is 35.7 Å². The van der Waals surface area contributed by atoms with E-state index in [1.807, 2.05) is 29.3 Å². The summed E-state index contributed by atoms with van der Waals surface area (Å²) in [6.45, 7) is 3.69. The van der Waals surface area contributed by atoms with Crippen LogP contribution in [0.1, 0.15) is 26.3 Å². The Kier molecular flexibility index (Phi) is 6.77. The predicted octanol–water partition coefficient (Wildman–Crippen LogP) is 3.30. The van der Waals surface area contributed by atoms with Crippen LogP contribution >= 0.6 is 0 Å². The molecule has 0 atom stereocenters. The van der Waals surface area contributed by atoms with E-state index in [4.69, 9.17) is 4.74 Å². The zero-order valence-electron chi connectivity index (χ0n) is 18.0. The molecule has 1 aromatic heterocycles. The summed E-state index contributed by atoms with van der Waals surface area (Å²) in [6, 6.07) is 18.0. The molecular formula is C25H26N4O3. The highest BCUT2D eigenvalue weighted by Gasteiger charge is 2.24. The number of carbonyl (C=O) groups excluding carboxylic acids is 2. The van der Waals surface area contributed by atoms with Crippen LogP contribution in [0, 0.1) is 0 Å². The van der Waals surface area contributed by atoms with Crippen LogP contribution in [0.2, 0.25) is 0 Å². The van der Waals surface area contributed by atoms with E-state index in [1.165, 1.54) is 5.56 Å². The van der Waals surface area contributed by atoms with Crippen LogP contribution in [-0.2, 0) is 6.54 Å². The second-order valence-corrected chi connectivity index (χ2v) is 7.66. The van der Waals surface area contributed by atoms with E-state index in [0.717, 1.165) is 19.6 Å². The molecule has 1 saturated heterocycles. The maximum atomic E-state index is 13.2. The Morgan fingerprint density at radius 1 is 0.969 bits per heavy atom. The first-order valence-electron chi connectivity index (χ1n) is 10.6. The third-order valence-corrected chi connectivity index (χ3v) is 5.55. The van der Waals surface area contributed by atoms with Gasteiger partial charge in [0.2, 0.25) is 0 Å². The third-order valence-electron chi connectivity index (χ3n) is 5.55. The Morgan fingerprint density at radius 2 is 1.72 bits per heavy atom. The summed E-state index contributed by atoms with van der Waals surface area (Å²) in [5.41, 5.74) is 2.67. The van der Waals surface area contributed by atoms with Gasteiger partial charge in [0, 0.05) is 50.7 Å². The minimum Gasteiger partial charge on any atom is -0.497 e. The quantitative estimate of drug-likeness (QED) is 0.650. The zero-order chi connectivity index (χ0) is 22.3. The Morgan fingerprint density at radius 3 is 2.41 bits per heavy atom. The summed E-state index contributed by atoms with van der Waals surface area (Å²) in [6.07, 6.45) is 3.64. The van der Waals surface area contributed by atoms with Crippen molar-refractivity contribution in [3.8, 4) is 5.75 Å². The van der Waals surface area contributed by atoms with Crippen molar-refractivity contribution in [2.75, 3.05) is 38.6 Å². The Bertz CT molecular complexity index is 1060. The lowest BCUT2D eigenvalue weighted by molar-refractivity contribution is 0.0629. The number of piperazine rings is 1. The first-order chi connectivity index (χ1) is 15.6. The lowest BCUT2D eigenvalue weighted by atomic mass is 10.1. The number of nitrogens with zero attached hydrogens (tertiary/aromatic N) is 3. The summed E-state index contributed by atoms with van der Waals surface area (Å²) in [5.74, 6) is 0.339. The highest BCUT2D eigenvalue weighted by Crippen LogP contribution is 2.20. The Balaban J connectivity index is 1.39. The molecule has 0 saturated carbocycles. The molecule has 0 aliphatic carbocycles. The van der Waals surface area contributed by atoms with Gasteiger partial charge in [0.15, 0.2) is 0 Å². The molecule has 7 nitrogen and oxygen atoms in total. The average molecular weight is 431 g/mol. The molecule has 1 aliphatic heterocycles. The highest BCUT2D eigenvalue weighted by atomic mass is 16.5. The van der Waals surface area contributed by atoms with Crippen LogP contribution in [-0.4, -0.2) is 59.9 Å². The van der Waals surface area contributed by atoms with E-state index in [-0.39, 0.29) is 11.8 Å². The molecule has 1 fully saturated rings. The van der Waals surface area contributed by atoms with Crippen molar-refractivity contribution < 1.29 is 14.3 Å². The monoisotopic (exact) mass is 430 g/mol. The van der Waals surface area contributed by atoms with Crippen LogP contribution in [0.4, 0.5) is 5.69 Å². The zero-order valence-corrected chi connectivity index (χ0v) is 18.0. The standard InChI is InChI=1S/C25H26N4O3/c1-32-21-10-8-20(9-11-21)24(30)27-23-7-3-2-6-22(23)25(31)29-15-13-28(14-16-29)18-19-5-4-12-26-17-19/h2-12,17H,13-16,18H2,1H3,(H,27,30). The number of para-hydroxylation sites is 1. The number of benzene rings is 2. The van der Waals surface area contributed by atoms with Crippen molar-refractivity contribution in [3.05, 3.63) is 89.7 Å². The maximum Gasteiger partial charge on any atom is 0.256 e. The minimum atomic E-state index is -0.269. The molecular weight excluding hydrogens is 404 g/mol. The summed E-state index contributed by atoms with van der Waals surface area (Å²) in [4.78, 5) is 34.2. The lowest BCUT2D eigenvalue weighted by Gasteiger charge is -2.35. The number of rotatable bonds is 6. The Hall–Kier alpha value is -3.71. The molecule has 1 N–H and O–H groups in total. The van der Waals surface area contributed by atoms with Crippen molar-refractivity contribution in [2.45, 2.75) is 6.54 Å². The fourth-order valence-corrected chi connectivity index (χ4v) is 3.74. The van der Waals surface area contributed by atoms with E-state index in [2.05, 4.69) is 21.3 Å². The molecule has 7 heteroatoms. The number of amides is 2. The molecule has 164 valence electrons. The summed E-state index contributed by atoms with van der Waals surface area (Å²) in [7, 11) is 1.58. The highest BCUT2D eigenvalue weighted by molar-refractivity contribution is 6.09. The second kappa shape index (κ2) is 10.1. The van der Waals surface area contributed by atoms with Gasteiger partial charge in [0.1, 0.15) is 5.75 Å². The number of pyridine rings is 1. The topological polar surface area (TPSA) is 74.8 Å². The van der Waals surface area contributed by atoms with Crippen LogP contribution in [0.5, 0.6) is 5.75 Å². The van der Waals surface area contributed by atoms with E-state index in [1.54, 1.807) is 49.7 Å². The van der Waals surface area contributed by atoms with Crippen LogP contribution in [0.25, 0.3) is 0 Å². The largest absolute Gasteiger partial charge is 0.497 e. The predicted molar refractivity (Wildman–Crippen MR) is 123 cm³/mol. The van der Waals surface area contributed by atoms with E-state index in [9.17, 15) is 9.59 Å².